The lowest BCUT2D eigenvalue weighted by Crippen LogP contribution is -2.27. The highest BCUT2D eigenvalue weighted by Crippen LogP contribution is 2.39. The molecule has 3 atom stereocenters. The van der Waals surface area contributed by atoms with E-state index in [1.165, 1.54) is 51.4 Å². The van der Waals surface area contributed by atoms with Crippen molar-refractivity contribution in [3.05, 3.63) is 17.7 Å². The maximum atomic E-state index is 13.3. The van der Waals surface area contributed by atoms with E-state index >= 15 is 0 Å². The molecule has 1 N–H and O–H groups in total. The van der Waals surface area contributed by atoms with Gasteiger partial charge in [-0.3, -0.25) is 9.59 Å². The predicted octanol–water partition coefficient (Wildman–Crippen LogP) is 9.13. The Balaban J connectivity index is 2.10. The lowest BCUT2D eigenvalue weighted by Gasteiger charge is -2.25. The van der Waals surface area contributed by atoms with Gasteiger partial charge in [0.25, 0.3) is 0 Å². The number of esters is 2. The number of hydrogen-bond donors (Lipinski definition) is 1. The average Bonchev–Trinajstić information content (AvgIpc) is 2.95. The number of fused-ring (bicyclic) bond motifs is 1. The zero-order valence-electron chi connectivity index (χ0n) is 26.5. The molecular weight excluding hydrogens is 516 g/mol. The molecule has 0 saturated heterocycles. The Morgan fingerprint density at radius 2 is 1.24 bits per heavy atom. The van der Waals surface area contributed by atoms with Gasteiger partial charge in [0.15, 0.2) is 0 Å². The molecule has 0 radical (unpaired) electrons. The number of unbranched alkanes of at least 4 members (excludes halogenated alkanes) is 10. The first-order valence-corrected chi connectivity index (χ1v) is 16.8. The number of benzene rings is 1. The van der Waals surface area contributed by atoms with Crippen LogP contribution in [0.1, 0.15) is 149 Å². The van der Waals surface area contributed by atoms with Crippen LogP contribution >= 0.6 is 0 Å². The molecule has 6 heteroatoms. The number of hydrogen-bond acceptors (Lipinski definition) is 6. The molecule has 0 bridgehead atoms. The summed E-state index contributed by atoms with van der Waals surface area (Å²) in [5.41, 5.74) is 0.656. The predicted molar refractivity (Wildman–Crippen MR) is 166 cm³/mol. The molecule has 1 heterocycles. The van der Waals surface area contributed by atoms with Crippen molar-refractivity contribution in [2.75, 3.05) is 6.61 Å². The normalized spacial score (nSPS) is 16.0. The van der Waals surface area contributed by atoms with Crippen LogP contribution in [0, 0.1) is 11.8 Å². The summed E-state index contributed by atoms with van der Waals surface area (Å²) in [6.45, 7) is 8.77. The van der Waals surface area contributed by atoms with E-state index in [1.807, 2.05) is 0 Å². The fourth-order valence-corrected chi connectivity index (χ4v) is 5.75. The lowest BCUT2D eigenvalue weighted by molar-refractivity contribution is -0.139. The van der Waals surface area contributed by atoms with Gasteiger partial charge in [0, 0.05) is 24.1 Å². The third-order valence-corrected chi connectivity index (χ3v) is 8.19. The molecule has 0 saturated carbocycles. The molecule has 0 aliphatic carbocycles. The Morgan fingerprint density at radius 3 is 1.78 bits per heavy atom. The van der Waals surface area contributed by atoms with Gasteiger partial charge in [-0.1, -0.05) is 118 Å². The summed E-state index contributed by atoms with van der Waals surface area (Å²) in [7, 11) is 0. The molecule has 0 fully saturated rings. The van der Waals surface area contributed by atoms with E-state index in [9.17, 15) is 14.7 Å². The first kappa shape index (κ1) is 35.1. The second-order valence-electron chi connectivity index (χ2n) is 12.0. The van der Waals surface area contributed by atoms with Crippen molar-refractivity contribution in [2.45, 2.75) is 156 Å². The van der Waals surface area contributed by atoms with Crippen molar-refractivity contribution in [3.8, 4) is 17.2 Å². The summed E-state index contributed by atoms with van der Waals surface area (Å²) in [6, 6.07) is 3.33. The van der Waals surface area contributed by atoms with Gasteiger partial charge >= 0.3 is 11.9 Å². The zero-order valence-corrected chi connectivity index (χ0v) is 26.5. The van der Waals surface area contributed by atoms with Gasteiger partial charge in [-0.25, -0.2) is 0 Å². The molecule has 0 spiro atoms. The van der Waals surface area contributed by atoms with Crippen molar-refractivity contribution in [1.82, 2.24) is 0 Å². The summed E-state index contributed by atoms with van der Waals surface area (Å²) in [4.78, 5) is 26.6. The highest BCUT2D eigenvalue weighted by molar-refractivity contribution is 5.78. The number of rotatable bonds is 22. The SMILES string of the molecule is CCCCCCCCC(CCC)C(=O)Oc1cc2c(c(OC(=O)C(CCC)CCCCCCCC)c1)CC(O)CO2. The van der Waals surface area contributed by atoms with Gasteiger partial charge in [-0.15, -0.1) is 0 Å². The third-order valence-electron chi connectivity index (χ3n) is 8.19. The van der Waals surface area contributed by atoms with Gasteiger partial charge in [0.05, 0.1) is 17.9 Å². The summed E-state index contributed by atoms with van der Waals surface area (Å²) in [5, 5.41) is 10.3. The molecule has 2 rings (SSSR count). The molecule has 41 heavy (non-hydrogen) atoms. The molecule has 1 aromatic rings. The van der Waals surface area contributed by atoms with Gasteiger partial charge in [-0.2, -0.15) is 0 Å². The maximum Gasteiger partial charge on any atom is 0.314 e. The number of aliphatic hydroxyl groups is 1. The zero-order chi connectivity index (χ0) is 29.9. The highest BCUT2D eigenvalue weighted by Gasteiger charge is 2.28. The van der Waals surface area contributed by atoms with Crippen LogP contribution in [-0.4, -0.2) is 29.8 Å². The van der Waals surface area contributed by atoms with Crippen molar-refractivity contribution < 1.29 is 28.9 Å². The van der Waals surface area contributed by atoms with Gasteiger partial charge in [0.2, 0.25) is 0 Å². The fraction of sp³-hybridized carbons (Fsp3) is 0.771. The van der Waals surface area contributed by atoms with E-state index < -0.39 is 6.10 Å². The monoisotopic (exact) mass is 574 g/mol. The Morgan fingerprint density at radius 1 is 0.732 bits per heavy atom. The van der Waals surface area contributed by atoms with Crippen molar-refractivity contribution in [3.63, 3.8) is 0 Å². The van der Waals surface area contributed by atoms with Crippen LogP contribution < -0.4 is 14.2 Å². The minimum Gasteiger partial charge on any atom is -0.490 e. The number of carbonyl (C=O) groups excluding carboxylic acids is 2. The Bertz CT molecular complexity index is 882. The number of ether oxygens (including phenoxy) is 3. The van der Waals surface area contributed by atoms with E-state index in [1.54, 1.807) is 12.1 Å². The van der Waals surface area contributed by atoms with E-state index in [2.05, 4.69) is 27.7 Å². The first-order chi connectivity index (χ1) is 19.9. The van der Waals surface area contributed by atoms with Gasteiger partial charge in [-0.05, 0) is 25.7 Å². The Hall–Kier alpha value is -2.08. The number of aliphatic hydroxyl groups excluding tert-OH is 1. The van der Waals surface area contributed by atoms with E-state index in [-0.39, 0.29) is 30.4 Å². The van der Waals surface area contributed by atoms with Crippen LogP contribution in [0.25, 0.3) is 0 Å². The molecule has 234 valence electrons. The van der Waals surface area contributed by atoms with E-state index in [4.69, 9.17) is 14.2 Å². The van der Waals surface area contributed by atoms with Gasteiger partial charge in [0.1, 0.15) is 23.9 Å². The lowest BCUT2D eigenvalue weighted by atomic mass is 9.95. The molecular formula is C35H58O6. The highest BCUT2D eigenvalue weighted by atomic mass is 16.6. The van der Waals surface area contributed by atoms with Gasteiger partial charge < -0.3 is 19.3 Å². The number of carbonyl (C=O) groups is 2. The quantitative estimate of drug-likeness (QED) is 0.0845. The maximum absolute atomic E-state index is 13.3. The second kappa shape index (κ2) is 20.7. The smallest absolute Gasteiger partial charge is 0.314 e. The van der Waals surface area contributed by atoms with Crippen LogP contribution in [0.4, 0.5) is 0 Å². The van der Waals surface area contributed by atoms with Crippen LogP contribution in [-0.2, 0) is 16.0 Å². The third kappa shape index (κ3) is 13.2. The standard InChI is InChI=1S/C35H58O6/c1-5-9-11-13-15-17-21-27(19-7-3)34(37)40-30-24-32-31(23-29(36)26-39-32)33(25-30)41-35(38)28(20-8-4)22-18-16-14-12-10-6-2/h24-25,27-29,36H,5-23,26H2,1-4H3. The molecule has 0 amide bonds. The molecule has 6 nitrogen and oxygen atoms in total. The van der Waals surface area contributed by atoms with Crippen LogP contribution in [0.2, 0.25) is 0 Å². The molecule has 3 unspecified atom stereocenters. The minimum absolute atomic E-state index is 0.151. The van der Waals surface area contributed by atoms with Crippen LogP contribution in [0.3, 0.4) is 0 Å². The minimum atomic E-state index is -0.672. The summed E-state index contributed by atoms with van der Waals surface area (Å²) >= 11 is 0. The molecule has 1 aliphatic rings. The van der Waals surface area contributed by atoms with Crippen molar-refractivity contribution >= 4 is 11.9 Å². The molecule has 0 aromatic heterocycles. The molecule has 1 aliphatic heterocycles. The van der Waals surface area contributed by atoms with Crippen LogP contribution in [0.15, 0.2) is 12.1 Å². The average molecular weight is 575 g/mol. The second-order valence-corrected chi connectivity index (χ2v) is 12.0. The summed E-state index contributed by atoms with van der Waals surface area (Å²) < 4.78 is 17.7. The largest absolute Gasteiger partial charge is 0.490 e. The Kier molecular flexibility index (Phi) is 17.8. The first-order valence-electron chi connectivity index (χ1n) is 16.8. The van der Waals surface area contributed by atoms with E-state index in [0.29, 0.717) is 29.2 Å². The summed E-state index contributed by atoms with van der Waals surface area (Å²) in [5.74, 6) is 0.366. The Labute approximate surface area is 249 Å². The molecule has 1 aromatic carbocycles. The van der Waals surface area contributed by atoms with Crippen molar-refractivity contribution in [2.24, 2.45) is 11.8 Å². The van der Waals surface area contributed by atoms with Crippen molar-refractivity contribution in [1.29, 1.82) is 0 Å². The fourth-order valence-electron chi connectivity index (χ4n) is 5.75. The van der Waals surface area contributed by atoms with Crippen LogP contribution in [0.5, 0.6) is 17.2 Å². The van der Waals surface area contributed by atoms with E-state index in [0.717, 1.165) is 64.2 Å². The summed E-state index contributed by atoms with van der Waals surface area (Å²) in [6.07, 6.45) is 18.9. The topological polar surface area (TPSA) is 82.1 Å².